The lowest BCUT2D eigenvalue weighted by Crippen LogP contribution is -2.28. The van der Waals surface area contributed by atoms with Crippen LogP contribution in [0.4, 0.5) is 0 Å². The zero-order valence-corrected chi connectivity index (χ0v) is 11.9. The van der Waals surface area contributed by atoms with Gasteiger partial charge in [0.15, 0.2) is 5.17 Å². The van der Waals surface area contributed by atoms with Crippen LogP contribution in [0.5, 0.6) is 0 Å². The highest BCUT2D eigenvalue weighted by Gasteiger charge is 2.20. The van der Waals surface area contributed by atoms with Gasteiger partial charge in [-0.2, -0.15) is 0 Å². The maximum atomic E-state index is 4.59. The van der Waals surface area contributed by atoms with Crippen LogP contribution in [-0.2, 0) is 6.54 Å². The monoisotopic (exact) mass is 267 g/mol. The van der Waals surface area contributed by atoms with Gasteiger partial charge >= 0.3 is 0 Å². The Bertz CT molecular complexity index is 374. The van der Waals surface area contributed by atoms with Crippen LogP contribution in [0.25, 0.3) is 0 Å². The van der Waals surface area contributed by atoms with E-state index >= 15 is 0 Å². The molecule has 1 atom stereocenters. The normalized spacial score (nSPS) is 21.7. The fourth-order valence-corrected chi connectivity index (χ4v) is 3.00. The van der Waals surface area contributed by atoms with Crippen LogP contribution in [0.2, 0.25) is 0 Å². The number of nitrogens with zero attached hydrogens (tertiary/aromatic N) is 4. The lowest BCUT2D eigenvalue weighted by Gasteiger charge is -2.11. The number of rotatable bonds is 6. The first-order chi connectivity index (χ1) is 8.74. The second-order valence-electron chi connectivity index (χ2n) is 4.99. The molecule has 100 valence electrons. The lowest BCUT2D eigenvalue weighted by atomic mass is 10.1. The van der Waals surface area contributed by atoms with Crippen LogP contribution < -0.4 is 5.32 Å². The highest BCUT2D eigenvalue weighted by molar-refractivity contribution is 8.14. The molecule has 5 nitrogen and oxygen atoms in total. The van der Waals surface area contributed by atoms with Gasteiger partial charge in [0.2, 0.25) is 0 Å². The van der Waals surface area contributed by atoms with E-state index < -0.39 is 0 Å². The van der Waals surface area contributed by atoms with Crippen LogP contribution in [0.3, 0.4) is 0 Å². The van der Waals surface area contributed by atoms with Gasteiger partial charge in [0.1, 0.15) is 0 Å². The molecule has 1 aromatic heterocycles. The van der Waals surface area contributed by atoms with Crippen molar-refractivity contribution in [1.82, 2.24) is 20.3 Å². The molecular formula is C12H21N5S. The van der Waals surface area contributed by atoms with E-state index in [4.69, 9.17) is 0 Å². The highest BCUT2D eigenvalue weighted by Crippen LogP contribution is 2.18. The molecule has 0 amide bonds. The molecule has 1 aliphatic heterocycles. The quantitative estimate of drug-likeness (QED) is 0.798. The number of hydrogen-bond acceptors (Lipinski definition) is 4. The zero-order valence-electron chi connectivity index (χ0n) is 11.0. The molecule has 2 rings (SSSR count). The van der Waals surface area contributed by atoms with Gasteiger partial charge in [-0.15, -0.1) is 5.10 Å². The topological polar surface area (TPSA) is 55.1 Å². The highest BCUT2D eigenvalue weighted by atomic mass is 32.2. The van der Waals surface area contributed by atoms with Crippen molar-refractivity contribution < 1.29 is 0 Å². The Morgan fingerprint density at radius 1 is 1.61 bits per heavy atom. The Morgan fingerprint density at radius 3 is 3.22 bits per heavy atom. The molecule has 0 aliphatic carbocycles. The van der Waals surface area contributed by atoms with E-state index in [1.54, 1.807) is 6.20 Å². The molecule has 1 N–H and O–H groups in total. The van der Waals surface area contributed by atoms with Gasteiger partial charge in [-0.25, -0.2) is 0 Å². The average molecular weight is 267 g/mol. The van der Waals surface area contributed by atoms with Gasteiger partial charge in [0.05, 0.1) is 6.20 Å². The second-order valence-corrected chi connectivity index (χ2v) is 6.00. The SMILES string of the molecule is CC(C)CC1CSC(=NCCCn2ccnn2)N1. The Hall–Kier alpha value is -1.04. The first kappa shape index (κ1) is 13.4. The summed E-state index contributed by atoms with van der Waals surface area (Å²) in [7, 11) is 0. The van der Waals surface area contributed by atoms with Crippen LogP contribution >= 0.6 is 11.8 Å². The number of thioether (sulfide) groups is 1. The molecule has 0 spiro atoms. The standard InChI is InChI=1S/C12H21N5S/c1-10(2)8-11-9-18-12(15-11)13-4-3-6-17-7-5-14-16-17/h5,7,10-11H,3-4,6,8-9H2,1-2H3,(H,13,15). The van der Waals surface area contributed by atoms with Gasteiger partial charge in [-0.05, 0) is 18.8 Å². The fourth-order valence-electron chi connectivity index (χ4n) is 1.99. The maximum absolute atomic E-state index is 4.59. The number of amidine groups is 1. The number of aromatic nitrogens is 3. The number of aliphatic imine (C=N–C) groups is 1. The van der Waals surface area contributed by atoms with Crippen LogP contribution in [0.15, 0.2) is 17.4 Å². The minimum atomic E-state index is 0.601. The van der Waals surface area contributed by atoms with E-state index in [2.05, 4.69) is 34.5 Å². The van der Waals surface area contributed by atoms with Gasteiger partial charge < -0.3 is 5.32 Å². The van der Waals surface area contributed by atoms with E-state index in [1.165, 1.54) is 6.42 Å². The molecule has 1 aliphatic rings. The summed E-state index contributed by atoms with van der Waals surface area (Å²) in [4.78, 5) is 4.59. The van der Waals surface area contributed by atoms with E-state index in [9.17, 15) is 0 Å². The van der Waals surface area contributed by atoms with Crippen molar-refractivity contribution >= 4 is 16.9 Å². The average Bonchev–Trinajstić information content (AvgIpc) is 2.95. The lowest BCUT2D eigenvalue weighted by molar-refractivity contribution is 0.502. The number of hydrogen-bond donors (Lipinski definition) is 1. The summed E-state index contributed by atoms with van der Waals surface area (Å²) in [6.45, 7) is 6.26. The molecule has 1 unspecified atom stereocenters. The van der Waals surface area contributed by atoms with E-state index in [0.717, 1.165) is 36.3 Å². The summed E-state index contributed by atoms with van der Waals surface area (Å²) >= 11 is 1.84. The summed E-state index contributed by atoms with van der Waals surface area (Å²) in [6, 6.07) is 0.601. The van der Waals surface area contributed by atoms with Crippen molar-refractivity contribution in [2.75, 3.05) is 12.3 Å². The molecule has 0 radical (unpaired) electrons. The van der Waals surface area contributed by atoms with Gasteiger partial charge in [-0.3, -0.25) is 9.67 Å². The van der Waals surface area contributed by atoms with Crippen molar-refractivity contribution in [3.05, 3.63) is 12.4 Å². The Balaban J connectivity index is 1.65. The number of nitrogens with one attached hydrogen (secondary N) is 1. The Labute approximate surface area is 112 Å². The molecular weight excluding hydrogens is 246 g/mol. The minimum Gasteiger partial charge on any atom is -0.361 e. The molecule has 1 saturated heterocycles. The molecule has 6 heteroatoms. The molecule has 2 heterocycles. The van der Waals surface area contributed by atoms with Gasteiger partial charge in [0.25, 0.3) is 0 Å². The molecule has 0 aromatic carbocycles. The van der Waals surface area contributed by atoms with Crippen molar-refractivity contribution in [2.45, 2.75) is 39.3 Å². The smallest absolute Gasteiger partial charge is 0.156 e. The third-order valence-electron chi connectivity index (χ3n) is 2.78. The van der Waals surface area contributed by atoms with E-state index in [-0.39, 0.29) is 0 Å². The van der Waals surface area contributed by atoms with Gasteiger partial charge in [-0.1, -0.05) is 30.8 Å². The predicted molar refractivity (Wildman–Crippen MR) is 75.8 cm³/mol. The second kappa shape index (κ2) is 6.78. The van der Waals surface area contributed by atoms with E-state index in [1.807, 2.05) is 22.6 Å². The van der Waals surface area contributed by atoms with Gasteiger partial charge in [0, 0.05) is 31.1 Å². The molecule has 18 heavy (non-hydrogen) atoms. The third-order valence-corrected chi connectivity index (χ3v) is 3.87. The van der Waals surface area contributed by atoms with Crippen molar-refractivity contribution in [2.24, 2.45) is 10.9 Å². The first-order valence-corrected chi connectivity index (χ1v) is 7.50. The van der Waals surface area contributed by atoms with Crippen LogP contribution in [0, 0.1) is 5.92 Å². The van der Waals surface area contributed by atoms with Crippen LogP contribution in [0.1, 0.15) is 26.7 Å². The summed E-state index contributed by atoms with van der Waals surface area (Å²) < 4.78 is 1.84. The molecule has 0 bridgehead atoms. The predicted octanol–water partition coefficient (Wildman–Crippen LogP) is 1.78. The van der Waals surface area contributed by atoms with Crippen molar-refractivity contribution in [1.29, 1.82) is 0 Å². The Morgan fingerprint density at radius 2 is 2.50 bits per heavy atom. The Kier molecular flexibility index (Phi) is 5.04. The van der Waals surface area contributed by atoms with Crippen LogP contribution in [-0.4, -0.2) is 38.5 Å². The zero-order chi connectivity index (χ0) is 12.8. The fraction of sp³-hybridized carbons (Fsp3) is 0.750. The molecule has 1 aromatic rings. The largest absolute Gasteiger partial charge is 0.361 e. The van der Waals surface area contributed by atoms with Crippen molar-refractivity contribution in [3.63, 3.8) is 0 Å². The summed E-state index contributed by atoms with van der Waals surface area (Å²) in [6.07, 6.45) is 5.82. The van der Waals surface area contributed by atoms with E-state index in [0.29, 0.717) is 6.04 Å². The first-order valence-electron chi connectivity index (χ1n) is 6.52. The number of aryl methyl sites for hydroxylation is 1. The third kappa shape index (κ3) is 4.33. The molecule has 1 fully saturated rings. The van der Waals surface area contributed by atoms with Crippen molar-refractivity contribution in [3.8, 4) is 0 Å². The molecule has 0 saturated carbocycles. The summed E-state index contributed by atoms with van der Waals surface area (Å²) in [5.74, 6) is 1.90. The maximum Gasteiger partial charge on any atom is 0.156 e. The minimum absolute atomic E-state index is 0.601. The summed E-state index contributed by atoms with van der Waals surface area (Å²) in [5, 5.41) is 12.3. The summed E-state index contributed by atoms with van der Waals surface area (Å²) in [5.41, 5.74) is 0.